The molecular weight excluding hydrogens is 324 g/mol. The Morgan fingerprint density at radius 2 is 1.88 bits per heavy atom. The highest BCUT2D eigenvalue weighted by molar-refractivity contribution is 5.79. The molecule has 0 aliphatic heterocycles. The molecular formula is C19H28O6. The van der Waals surface area contributed by atoms with Crippen LogP contribution in [0.5, 0.6) is 5.75 Å². The van der Waals surface area contributed by atoms with Gasteiger partial charge < -0.3 is 18.9 Å². The Labute approximate surface area is 149 Å². The topological polar surface area (TPSA) is 71.1 Å². The van der Waals surface area contributed by atoms with Crippen molar-refractivity contribution in [1.82, 2.24) is 0 Å². The molecule has 140 valence electrons. The molecule has 0 N–H and O–H groups in total. The summed E-state index contributed by atoms with van der Waals surface area (Å²) in [6.45, 7) is 7.17. The van der Waals surface area contributed by atoms with Gasteiger partial charge in [0.05, 0.1) is 13.2 Å². The third-order valence-electron chi connectivity index (χ3n) is 3.86. The number of methoxy groups -OCH3 is 2. The second kappa shape index (κ2) is 9.42. The van der Waals surface area contributed by atoms with Crippen molar-refractivity contribution in [3.63, 3.8) is 0 Å². The smallest absolute Gasteiger partial charge is 0.350 e. The van der Waals surface area contributed by atoms with Crippen LogP contribution < -0.4 is 4.74 Å². The van der Waals surface area contributed by atoms with Crippen molar-refractivity contribution < 1.29 is 28.5 Å². The van der Waals surface area contributed by atoms with Gasteiger partial charge in [-0.15, -0.1) is 0 Å². The predicted molar refractivity (Wildman–Crippen MR) is 93.5 cm³/mol. The lowest BCUT2D eigenvalue weighted by atomic mass is 10.0. The first-order valence-electron chi connectivity index (χ1n) is 8.35. The van der Waals surface area contributed by atoms with Crippen LogP contribution in [-0.4, -0.2) is 44.0 Å². The maximum atomic E-state index is 12.3. The summed E-state index contributed by atoms with van der Waals surface area (Å²) in [7, 11) is 2.78. The second-order valence-electron chi connectivity index (χ2n) is 6.24. The van der Waals surface area contributed by atoms with E-state index < -0.39 is 23.6 Å². The molecule has 2 atom stereocenters. The van der Waals surface area contributed by atoms with Gasteiger partial charge in [-0.05, 0) is 44.9 Å². The summed E-state index contributed by atoms with van der Waals surface area (Å²) < 4.78 is 21.1. The molecule has 0 aromatic heterocycles. The molecule has 0 aliphatic rings. The van der Waals surface area contributed by atoms with Crippen LogP contribution in [0, 0.1) is 0 Å². The van der Waals surface area contributed by atoms with Gasteiger partial charge in [0.2, 0.25) is 5.60 Å². The number of rotatable bonds is 9. The zero-order valence-corrected chi connectivity index (χ0v) is 15.8. The average molecular weight is 352 g/mol. The molecule has 0 aliphatic carbocycles. The Kier molecular flexibility index (Phi) is 7.90. The third kappa shape index (κ3) is 6.05. The van der Waals surface area contributed by atoms with E-state index in [1.807, 2.05) is 13.0 Å². The van der Waals surface area contributed by atoms with Gasteiger partial charge in [-0.25, -0.2) is 9.59 Å². The first kappa shape index (κ1) is 21.0. The van der Waals surface area contributed by atoms with E-state index in [1.165, 1.54) is 14.2 Å². The number of carbonyl (C=O) groups excluding carboxylic acids is 2. The SMILES string of the molecule is CCC(C)(Oc1cccc(CC(OC)C(=O)OC)c1)C(=O)OC(C)C. The number of benzene rings is 1. The molecule has 0 saturated carbocycles. The molecule has 0 spiro atoms. The van der Waals surface area contributed by atoms with E-state index in [-0.39, 0.29) is 6.10 Å². The fourth-order valence-electron chi connectivity index (χ4n) is 2.20. The molecule has 1 rings (SSSR count). The Bertz CT molecular complexity index is 583. The summed E-state index contributed by atoms with van der Waals surface area (Å²) in [5.41, 5.74) is -0.239. The van der Waals surface area contributed by atoms with Gasteiger partial charge in [0, 0.05) is 13.5 Å². The highest BCUT2D eigenvalue weighted by Crippen LogP contribution is 2.25. The van der Waals surface area contributed by atoms with E-state index in [2.05, 4.69) is 0 Å². The van der Waals surface area contributed by atoms with Crippen molar-refractivity contribution in [2.75, 3.05) is 14.2 Å². The van der Waals surface area contributed by atoms with Crippen LogP contribution in [0.15, 0.2) is 24.3 Å². The van der Waals surface area contributed by atoms with Crippen LogP contribution in [0.4, 0.5) is 0 Å². The summed E-state index contributed by atoms with van der Waals surface area (Å²) in [6, 6.07) is 7.21. The minimum absolute atomic E-state index is 0.212. The van der Waals surface area contributed by atoms with E-state index in [0.29, 0.717) is 18.6 Å². The Morgan fingerprint density at radius 1 is 1.20 bits per heavy atom. The van der Waals surface area contributed by atoms with Crippen molar-refractivity contribution in [3.8, 4) is 5.75 Å². The molecule has 1 aromatic carbocycles. The molecule has 2 unspecified atom stereocenters. The highest BCUT2D eigenvalue weighted by atomic mass is 16.6. The van der Waals surface area contributed by atoms with Crippen LogP contribution in [0.2, 0.25) is 0 Å². The number of hydrogen-bond acceptors (Lipinski definition) is 6. The van der Waals surface area contributed by atoms with Crippen molar-refractivity contribution in [2.24, 2.45) is 0 Å². The quantitative estimate of drug-likeness (QED) is 0.637. The summed E-state index contributed by atoms with van der Waals surface area (Å²) in [6.07, 6.45) is -0.0924. The van der Waals surface area contributed by atoms with Gasteiger partial charge in [0.25, 0.3) is 0 Å². The van der Waals surface area contributed by atoms with Crippen LogP contribution in [0.1, 0.15) is 39.7 Å². The lowest BCUT2D eigenvalue weighted by molar-refractivity contribution is -0.165. The lowest BCUT2D eigenvalue weighted by Gasteiger charge is -2.28. The van der Waals surface area contributed by atoms with Crippen molar-refractivity contribution in [3.05, 3.63) is 29.8 Å². The van der Waals surface area contributed by atoms with Crippen LogP contribution in [-0.2, 0) is 30.2 Å². The second-order valence-corrected chi connectivity index (χ2v) is 6.24. The number of hydrogen-bond donors (Lipinski definition) is 0. The maximum Gasteiger partial charge on any atom is 0.350 e. The molecule has 0 bridgehead atoms. The minimum atomic E-state index is -1.08. The first-order chi connectivity index (χ1) is 11.8. The molecule has 0 fully saturated rings. The first-order valence-corrected chi connectivity index (χ1v) is 8.35. The molecule has 6 heteroatoms. The van der Waals surface area contributed by atoms with Gasteiger partial charge >= 0.3 is 11.9 Å². The fraction of sp³-hybridized carbons (Fsp3) is 0.579. The zero-order valence-electron chi connectivity index (χ0n) is 15.8. The molecule has 6 nitrogen and oxygen atoms in total. The zero-order chi connectivity index (χ0) is 19.0. The van der Waals surface area contributed by atoms with Gasteiger partial charge in [0.1, 0.15) is 5.75 Å². The maximum absolute atomic E-state index is 12.3. The van der Waals surface area contributed by atoms with Crippen LogP contribution in [0.3, 0.4) is 0 Å². The van der Waals surface area contributed by atoms with E-state index in [0.717, 1.165) is 5.56 Å². The normalized spacial score (nSPS) is 14.5. The molecule has 0 heterocycles. The lowest BCUT2D eigenvalue weighted by Crippen LogP contribution is -2.43. The van der Waals surface area contributed by atoms with Gasteiger partial charge in [-0.1, -0.05) is 19.1 Å². The molecule has 0 amide bonds. The number of ether oxygens (including phenoxy) is 4. The standard InChI is InChI=1S/C19H28O6/c1-7-19(4,18(21)24-13(2)3)25-15-10-8-9-14(11-15)12-16(22-5)17(20)23-6/h8-11,13,16H,7,12H2,1-6H3. The summed E-state index contributed by atoms with van der Waals surface area (Å²) in [5, 5.41) is 0. The monoisotopic (exact) mass is 352 g/mol. The minimum Gasteiger partial charge on any atom is -0.476 e. The van der Waals surface area contributed by atoms with E-state index >= 15 is 0 Å². The predicted octanol–water partition coefficient (Wildman–Crippen LogP) is 2.92. The summed E-state index contributed by atoms with van der Waals surface area (Å²) >= 11 is 0. The third-order valence-corrected chi connectivity index (χ3v) is 3.86. The average Bonchev–Trinajstić information content (AvgIpc) is 2.58. The van der Waals surface area contributed by atoms with Crippen molar-refractivity contribution in [2.45, 2.75) is 58.3 Å². The van der Waals surface area contributed by atoms with Crippen LogP contribution >= 0.6 is 0 Å². The van der Waals surface area contributed by atoms with Gasteiger partial charge in [-0.2, -0.15) is 0 Å². The molecule has 1 aromatic rings. The largest absolute Gasteiger partial charge is 0.476 e. The Morgan fingerprint density at radius 3 is 2.40 bits per heavy atom. The Balaban J connectivity index is 2.92. The van der Waals surface area contributed by atoms with Gasteiger partial charge in [0.15, 0.2) is 6.10 Å². The molecule has 0 radical (unpaired) electrons. The molecule has 25 heavy (non-hydrogen) atoms. The van der Waals surface area contributed by atoms with Gasteiger partial charge in [-0.3, -0.25) is 0 Å². The van der Waals surface area contributed by atoms with E-state index in [9.17, 15) is 9.59 Å². The van der Waals surface area contributed by atoms with E-state index in [4.69, 9.17) is 18.9 Å². The Hall–Kier alpha value is -2.08. The fourth-order valence-corrected chi connectivity index (χ4v) is 2.20. The highest BCUT2D eigenvalue weighted by Gasteiger charge is 2.36. The molecule has 0 saturated heterocycles. The van der Waals surface area contributed by atoms with Crippen molar-refractivity contribution >= 4 is 11.9 Å². The number of esters is 2. The van der Waals surface area contributed by atoms with E-state index in [1.54, 1.807) is 39.0 Å². The van der Waals surface area contributed by atoms with Crippen molar-refractivity contribution in [1.29, 1.82) is 0 Å². The van der Waals surface area contributed by atoms with Crippen LogP contribution in [0.25, 0.3) is 0 Å². The number of carbonyl (C=O) groups is 2. The summed E-state index contributed by atoms with van der Waals surface area (Å²) in [5.74, 6) is -0.310. The summed E-state index contributed by atoms with van der Waals surface area (Å²) in [4.78, 5) is 24.0.